The third-order valence-electron chi connectivity index (χ3n) is 4.22. The second-order valence-corrected chi connectivity index (χ2v) is 6.95. The molecule has 1 atom stereocenters. The van der Waals surface area contributed by atoms with E-state index in [9.17, 15) is 9.90 Å². The highest BCUT2D eigenvalue weighted by molar-refractivity contribution is 7.19. The molecule has 0 amide bonds. The Hall–Kier alpha value is -3.31. The third-order valence-corrected chi connectivity index (χ3v) is 5.35. The fourth-order valence-electron chi connectivity index (χ4n) is 2.90. The number of rotatable bonds is 5. The van der Waals surface area contributed by atoms with E-state index in [4.69, 9.17) is 11.1 Å². The van der Waals surface area contributed by atoms with Crippen LogP contribution in [-0.2, 0) is 13.6 Å². The van der Waals surface area contributed by atoms with Crippen LogP contribution in [0.2, 0.25) is 0 Å². The Morgan fingerprint density at radius 3 is 3.07 bits per heavy atom. The molecule has 0 aliphatic heterocycles. The van der Waals surface area contributed by atoms with Crippen LogP contribution in [0.1, 0.15) is 16.8 Å². The van der Waals surface area contributed by atoms with Crippen molar-refractivity contribution in [2.24, 2.45) is 12.8 Å². The fraction of sp³-hybridized carbons (Fsp3) is 0.188. The molecule has 0 aromatic carbocycles. The summed E-state index contributed by atoms with van der Waals surface area (Å²) in [4.78, 5) is 17.3. The zero-order valence-corrected chi connectivity index (χ0v) is 15.1. The van der Waals surface area contributed by atoms with Crippen LogP contribution in [0.15, 0.2) is 35.5 Å². The van der Waals surface area contributed by atoms with E-state index in [2.05, 4.69) is 20.3 Å². The summed E-state index contributed by atoms with van der Waals surface area (Å²) >= 11 is 1.23. The summed E-state index contributed by atoms with van der Waals surface area (Å²) < 4.78 is 3.77. The van der Waals surface area contributed by atoms with E-state index >= 15 is 0 Å². The van der Waals surface area contributed by atoms with E-state index in [-0.39, 0.29) is 17.8 Å². The van der Waals surface area contributed by atoms with Crippen molar-refractivity contribution < 1.29 is 5.11 Å². The lowest BCUT2D eigenvalue weighted by Crippen LogP contribution is -2.24. The van der Waals surface area contributed by atoms with Gasteiger partial charge in [-0.15, -0.1) is 11.3 Å². The molecule has 0 fully saturated rings. The van der Waals surface area contributed by atoms with Gasteiger partial charge in [0.2, 0.25) is 0 Å². The molecule has 0 saturated carbocycles. The van der Waals surface area contributed by atoms with Crippen LogP contribution < -0.4 is 11.3 Å². The number of hydrogen-bond acceptors (Lipinski definition) is 8. The first-order valence-corrected chi connectivity index (χ1v) is 8.81. The second-order valence-electron chi connectivity index (χ2n) is 5.92. The summed E-state index contributed by atoms with van der Waals surface area (Å²) in [5.41, 5.74) is 6.71. The Kier molecular flexibility index (Phi) is 4.09. The van der Waals surface area contributed by atoms with Gasteiger partial charge in [-0.05, 0) is 18.3 Å². The first-order valence-electron chi connectivity index (χ1n) is 7.99. The van der Waals surface area contributed by atoms with Gasteiger partial charge in [0.15, 0.2) is 5.65 Å². The van der Waals surface area contributed by atoms with Gasteiger partial charge < -0.3 is 20.8 Å². The molecule has 0 spiro atoms. The molecule has 138 valence electrons. The van der Waals surface area contributed by atoms with Crippen molar-refractivity contribution in [2.45, 2.75) is 12.6 Å². The van der Waals surface area contributed by atoms with Crippen LogP contribution in [0.4, 0.5) is 0 Å². The Morgan fingerprint density at radius 2 is 2.37 bits per heavy atom. The zero-order valence-electron chi connectivity index (χ0n) is 14.2. The number of nitrogens with two attached hydrogens (primary N) is 1. The molecule has 0 unspecified atom stereocenters. The number of thiazole rings is 1. The minimum absolute atomic E-state index is 0.0552. The predicted molar refractivity (Wildman–Crippen MR) is 102 cm³/mol. The van der Waals surface area contributed by atoms with Crippen LogP contribution >= 0.6 is 11.3 Å². The third kappa shape index (κ3) is 2.73. The standard InChI is InChI=1S/C16H16N8O2S/c1-23-11-9(6-20-24(16(11)26)7-8-3-5-19-22-8)13-14(23)21-15(27-13)12(25)10(18)2-4-17/h2-6,12,18,25H,7,17H2,1H3,(H,19,22)/b4-2-,18-10?/t12-/m0/s1. The fourth-order valence-corrected chi connectivity index (χ4v) is 4.01. The second kappa shape index (κ2) is 6.45. The van der Waals surface area contributed by atoms with Gasteiger partial charge in [-0.25, -0.2) is 9.67 Å². The first kappa shape index (κ1) is 17.1. The van der Waals surface area contributed by atoms with E-state index in [1.54, 1.807) is 30.1 Å². The smallest absolute Gasteiger partial charge is 0.291 e. The maximum Gasteiger partial charge on any atom is 0.291 e. The van der Waals surface area contributed by atoms with E-state index in [1.165, 1.54) is 28.3 Å². The van der Waals surface area contributed by atoms with Crippen molar-refractivity contribution in [1.29, 1.82) is 5.41 Å². The molecule has 4 aromatic rings. The molecular weight excluding hydrogens is 368 g/mol. The number of aromatic amines is 1. The average molecular weight is 384 g/mol. The number of hydrogen-bond donors (Lipinski definition) is 4. The Balaban J connectivity index is 1.83. The lowest BCUT2D eigenvalue weighted by atomic mass is 10.2. The quantitative estimate of drug-likeness (QED) is 0.371. The Bertz CT molecular complexity index is 1230. The van der Waals surface area contributed by atoms with Gasteiger partial charge in [-0.3, -0.25) is 9.89 Å². The number of H-pyrrole nitrogens is 1. The molecule has 4 rings (SSSR count). The molecule has 0 bridgehead atoms. The van der Waals surface area contributed by atoms with Gasteiger partial charge >= 0.3 is 0 Å². The Labute approximate surface area is 156 Å². The summed E-state index contributed by atoms with van der Waals surface area (Å²) in [6, 6.07) is 1.78. The molecule has 0 aliphatic rings. The minimum atomic E-state index is -1.18. The molecular formula is C16H16N8O2S. The van der Waals surface area contributed by atoms with E-state index in [0.29, 0.717) is 27.3 Å². The lowest BCUT2D eigenvalue weighted by Gasteiger charge is -2.05. The van der Waals surface area contributed by atoms with Crippen molar-refractivity contribution >= 4 is 38.3 Å². The number of nitrogens with zero attached hydrogens (tertiary/aromatic N) is 5. The van der Waals surface area contributed by atoms with E-state index in [0.717, 1.165) is 4.70 Å². The van der Waals surface area contributed by atoms with E-state index in [1.807, 2.05) is 0 Å². The first-order chi connectivity index (χ1) is 13.0. The number of aliphatic hydroxyl groups excluding tert-OH is 1. The van der Waals surface area contributed by atoms with Crippen molar-refractivity contribution in [3.05, 3.63) is 51.8 Å². The molecule has 4 aromatic heterocycles. The molecule has 27 heavy (non-hydrogen) atoms. The van der Waals surface area contributed by atoms with Crippen LogP contribution in [0, 0.1) is 5.41 Å². The zero-order chi connectivity index (χ0) is 19.1. The van der Waals surface area contributed by atoms with Gasteiger partial charge in [0, 0.05) is 18.6 Å². The highest BCUT2D eigenvalue weighted by atomic mass is 32.1. The molecule has 5 N–H and O–H groups in total. The number of fused-ring (bicyclic) bond motifs is 3. The van der Waals surface area contributed by atoms with Crippen LogP contribution in [0.3, 0.4) is 0 Å². The van der Waals surface area contributed by atoms with Crippen LogP contribution in [0.25, 0.3) is 21.3 Å². The topological polar surface area (TPSA) is 151 Å². The number of nitrogens with one attached hydrogen (secondary N) is 2. The Morgan fingerprint density at radius 1 is 1.56 bits per heavy atom. The molecule has 0 aliphatic carbocycles. The average Bonchev–Trinajstić information content (AvgIpc) is 3.36. The molecule has 10 nitrogen and oxygen atoms in total. The largest absolute Gasteiger partial charge is 0.405 e. The predicted octanol–water partition coefficient (Wildman–Crippen LogP) is 0.642. The maximum absolute atomic E-state index is 12.9. The minimum Gasteiger partial charge on any atom is -0.405 e. The van der Waals surface area contributed by atoms with Crippen molar-refractivity contribution in [1.82, 2.24) is 29.5 Å². The highest BCUT2D eigenvalue weighted by Crippen LogP contribution is 2.33. The summed E-state index contributed by atoms with van der Waals surface area (Å²) in [6.07, 6.45) is 4.63. The van der Waals surface area contributed by atoms with E-state index < -0.39 is 6.10 Å². The normalized spacial score (nSPS) is 13.1. The van der Waals surface area contributed by atoms with Gasteiger partial charge in [-0.1, -0.05) is 0 Å². The number of aromatic nitrogens is 6. The van der Waals surface area contributed by atoms with Crippen molar-refractivity contribution in [3.63, 3.8) is 0 Å². The molecule has 0 saturated heterocycles. The summed E-state index contributed by atoms with van der Waals surface area (Å²) in [6.45, 7) is 0.261. The lowest BCUT2D eigenvalue weighted by molar-refractivity contribution is 0.247. The van der Waals surface area contributed by atoms with Crippen molar-refractivity contribution in [2.75, 3.05) is 0 Å². The maximum atomic E-state index is 12.9. The van der Waals surface area contributed by atoms with Gasteiger partial charge in [0.05, 0.1) is 28.8 Å². The summed E-state index contributed by atoms with van der Waals surface area (Å²) in [7, 11) is 1.74. The molecule has 4 heterocycles. The van der Waals surface area contributed by atoms with Gasteiger partial charge in [-0.2, -0.15) is 10.2 Å². The molecule has 0 radical (unpaired) electrons. The molecule has 11 heteroatoms. The number of aliphatic hydroxyl groups is 1. The van der Waals surface area contributed by atoms with Crippen LogP contribution in [0.5, 0.6) is 0 Å². The SMILES string of the molecule is Cn1c2nc([C@@H](O)C(=N)/C=C\N)sc2c2cnn(Cc3cc[nH]n3)c(=O)c21. The van der Waals surface area contributed by atoms with Crippen LogP contribution in [-0.4, -0.2) is 40.3 Å². The highest BCUT2D eigenvalue weighted by Gasteiger charge is 2.22. The van der Waals surface area contributed by atoms with Gasteiger partial charge in [0.25, 0.3) is 5.56 Å². The summed E-state index contributed by atoms with van der Waals surface area (Å²) in [5.74, 6) is 0. The van der Waals surface area contributed by atoms with Crippen molar-refractivity contribution in [3.8, 4) is 0 Å². The summed E-state index contributed by atoms with van der Waals surface area (Å²) in [5, 5.41) is 30.1. The van der Waals surface area contributed by atoms with Gasteiger partial charge in [0.1, 0.15) is 16.6 Å². The monoisotopic (exact) mass is 384 g/mol. The number of aryl methyl sites for hydroxylation is 1.